The van der Waals surface area contributed by atoms with Crippen molar-refractivity contribution in [1.82, 2.24) is 5.32 Å². The first-order valence-corrected chi connectivity index (χ1v) is 3.26. The highest BCUT2D eigenvalue weighted by atomic mass is 127. The van der Waals surface area contributed by atoms with Crippen molar-refractivity contribution in [3.63, 3.8) is 0 Å². The molecule has 0 aliphatic rings. The van der Waals surface area contributed by atoms with Crippen LogP contribution in [0.2, 0.25) is 0 Å². The zero-order valence-corrected chi connectivity index (χ0v) is 9.17. The Morgan fingerprint density at radius 2 is 2.25 bits per heavy atom. The van der Waals surface area contributed by atoms with Gasteiger partial charge in [-0.05, 0) is 6.92 Å². The van der Waals surface area contributed by atoms with E-state index in [1.54, 1.807) is 6.92 Å². The molecule has 12 heavy (non-hydrogen) atoms. The van der Waals surface area contributed by atoms with Crippen molar-refractivity contribution in [2.75, 3.05) is 19.8 Å². The molecule has 3 N–H and O–H groups in total. The molecule has 1 amide bonds. The standard InChI is InChI=1S/C6H12FN3O.HI/c1-5(8)10-4-6(11)9-3-2-7;/h2-4H2,1H3,(H2,8,10)(H,9,11);1H. The molecule has 0 rings (SSSR count). The average Bonchev–Trinajstić information content (AvgIpc) is 1.97. The van der Waals surface area contributed by atoms with Crippen LogP contribution >= 0.6 is 24.0 Å². The number of amidine groups is 1. The van der Waals surface area contributed by atoms with E-state index in [-0.39, 0.29) is 43.0 Å². The van der Waals surface area contributed by atoms with E-state index in [2.05, 4.69) is 10.3 Å². The van der Waals surface area contributed by atoms with Gasteiger partial charge in [-0.1, -0.05) is 0 Å². The molecule has 0 atom stereocenters. The summed E-state index contributed by atoms with van der Waals surface area (Å²) >= 11 is 0. The summed E-state index contributed by atoms with van der Waals surface area (Å²) < 4.78 is 11.5. The molecule has 0 aromatic rings. The summed E-state index contributed by atoms with van der Waals surface area (Å²) in [6, 6.07) is 0. The first-order valence-electron chi connectivity index (χ1n) is 3.26. The molecule has 0 aliphatic heterocycles. The van der Waals surface area contributed by atoms with Crippen LogP contribution in [-0.4, -0.2) is 31.5 Å². The second-order valence-corrected chi connectivity index (χ2v) is 2.00. The summed E-state index contributed by atoms with van der Waals surface area (Å²) in [6.07, 6.45) is 0. The fourth-order valence-electron chi connectivity index (χ4n) is 0.439. The topological polar surface area (TPSA) is 67.5 Å². The lowest BCUT2D eigenvalue weighted by Crippen LogP contribution is -2.28. The molecule has 0 saturated heterocycles. The number of carbonyl (C=O) groups excluding carboxylic acids is 1. The summed E-state index contributed by atoms with van der Waals surface area (Å²) in [6.45, 7) is 1.04. The number of amides is 1. The van der Waals surface area contributed by atoms with Crippen molar-refractivity contribution >= 4 is 35.7 Å². The maximum atomic E-state index is 11.5. The minimum absolute atomic E-state index is 0. The second kappa shape index (κ2) is 8.69. The van der Waals surface area contributed by atoms with Crippen LogP contribution in [0.5, 0.6) is 0 Å². The first-order chi connectivity index (χ1) is 5.16. The van der Waals surface area contributed by atoms with Crippen LogP contribution in [0.1, 0.15) is 6.92 Å². The SMILES string of the molecule is CC(N)=NCC(=O)NCCF.I. The third-order valence-corrected chi connectivity index (χ3v) is 0.889. The number of alkyl halides is 1. The molecule has 0 unspecified atom stereocenters. The molecule has 0 fully saturated rings. The number of rotatable bonds is 4. The van der Waals surface area contributed by atoms with Gasteiger partial charge in [0.15, 0.2) is 0 Å². The lowest BCUT2D eigenvalue weighted by Gasteiger charge is -1.98. The number of nitrogens with two attached hydrogens (primary N) is 1. The summed E-state index contributed by atoms with van der Waals surface area (Å²) in [5.41, 5.74) is 5.17. The molecule has 0 spiro atoms. The Kier molecular flexibility index (Phi) is 10.2. The van der Waals surface area contributed by atoms with Crippen LogP contribution in [0.15, 0.2) is 4.99 Å². The van der Waals surface area contributed by atoms with E-state index >= 15 is 0 Å². The number of aliphatic imine (C=N–C) groups is 1. The van der Waals surface area contributed by atoms with Crippen molar-refractivity contribution < 1.29 is 9.18 Å². The quantitative estimate of drug-likeness (QED) is 0.437. The number of halogens is 2. The first kappa shape index (κ1) is 14.1. The van der Waals surface area contributed by atoms with E-state index in [0.29, 0.717) is 5.84 Å². The van der Waals surface area contributed by atoms with Gasteiger partial charge in [-0.25, -0.2) is 4.39 Å². The van der Waals surface area contributed by atoms with Crippen molar-refractivity contribution in [2.24, 2.45) is 10.7 Å². The van der Waals surface area contributed by atoms with Gasteiger partial charge in [0.1, 0.15) is 13.2 Å². The van der Waals surface area contributed by atoms with Gasteiger partial charge < -0.3 is 11.1 Å². The number of hydrogen-bond acceptors (Lipinski definition) is 2. The molecule has 6 heteroatoms. The molecule has 0 radical (unpaired) electrons. The van der Waals surface area contributed by atoms with E-state index in [1.165, 1.54) is 0 Å². The van der Waals surface area contributed by atoms with Crippen LogP contribution in [0.4, 0.5) is 4.39 Å². The molecule has 0 aromatic carbocycles. The summed E-state index contributed by atoms with van der Waals surface area (Å²) in [5.74, 6) is 0.0350. The molecule has 0 aliphatic carbocycles. The second-order valence-electron chi connectivity index (χ2n) is 2.00. The predicted octanol–water partition coefficient (Wildman–Crippen LogP) is 0.0672. The smallest absolute Gasteiger partial charge is 0.241 e. The van der Waals surface area contributed by atoms with Gasteiger partial charge in [0.05, 0.1) is 5.84 Å². The number of nitrogens with zero attached hydrogens (tertiary/aromatic N) is 1. The minimum Gasteiger partial charge on any atom is -0.388 e. The van der Waals surface area contributed by atoms with Gasteiger partial charge in [0.2, 0.25) is 5.91 Å². The summed E-state index contributed by atoms with van der Waals surface area (Å²) in [4.78, 5) is 14.3. The number of nitrogens with one attached hydrogen (secondary N) is 1. The lowest BCUT2D eigenvalue weighted by atomic mass is 10.5. The van der Waals surface area contributed by atoms with Gasteiger partial charge in [0, 0.05) is 6.54 Å². The molecular formula is C6H13FIN3O. The van der Waals surface area contributed by atoms with Gasteiger partial charge in [0.25, 0.3) is 0 Å². The lowest BCUT2D eigenvalue weighted by molar-refractivity contribution is -0.119. The molecule has 4 nitrogen and oxygen atoms in total. The Hall–Kier alpha value is -0.400. The van der Waals surface area contributed by atoms with E-state index in [0.717, 1.165) is 0 Å². The molecule has 72 valence electrons. The van der Waals surface area contributed by atoms with Crippen LogP contribution < -0.4 is 11.1 Å². The van der Waals surface area contributed by atoms with E-state index < -0.39 is 6.67 Å². The highest BCUT2D eigenvalue weighted by Gasteiger charge is 1.96. The minimum atomic E-state index is -0.558. The zero-order valence-electron chi connectivity index (χ0n) is 6.84. The Labute approximate surface area is 87.8 Å². The maximum absolute atomic E-state index is 11.5. The average molecular weight is 289 g/mol. The van der Waals surface area contributed by atoms with Gasteiger partial charge in [-0.3, -0.25) is 9.79 Å². The van der Waals surface area contributed by atoms with Crippen molar-refractivity contribution in [2.45, 2.75) is 6.92 Å². The van der Waals surface area contributed by atoms with E-state index in [1.807, 2.05) is 0 Å². The molecular weight excluding hydrogens is 276 g/mol. The van der Waals surface area contributed by atoms with Gasteiger partial charge >= 0.3 is 0 Å². The summed E-state index contributed by atoms with van der Waals surface area (Å²) in [7, 11) is 0. The van der Waals surface area contributed by atoms with Crippen molar-refractivity contribution in [3.8, 4) is 0 Å². The Morgan fingerprint density at radius 3 is 2.67 bits per heavy atom. The largest absolute Gasteiger partial charge is 0.388 e. The molecule has 0 heterocycles. The van der Waals surface area contributed by atoms with Crippen molar-refractivity contribution in [1.29, 1.82) is 0 Å². The van der Waals surface area contributed by atoms with Gasteiger partial charge in [-0.2, -0.15) is 0 Å². The van der Waals surface area contributed by atoms with Crippen LogP contribution in [0.25, 0.3) is 0 Å². The Bertz CT molecular complexity index is 159. The fraction of sp³-hybridized carbons (Fsp3) is 0.667. The van der Waals surface area contributed by atoms with Crippen LogP contribution in [0.3, 0.4) is 0 Å². The third kappa shape index (κ3) is 9.60. The Morgan fingerprint density at radius 1 is 1.67 bits per heavy atom. The molecule has 0 saturated carbocycles. The maximum Gasteiger partial charge on any atom is 0.241 e. The Balaban J connectivity index is 0. The zero-order chi connectivity index (χ0) is 8.69. The predicted molar refractivity (Wildman–Crippen MR) is 56.6 cm³/mol. The summed E-state index contributed by atoms with van der Waals surface area (Å²) in [5, 5.41) is 2.31. The molecule has 0 bridgehead atoms. The number of carbonyl (C=O) groups is 1. The monoisotopic (exact) mass is 289 g/mol. The van der Waals surface area contributed by atoms with Crippen molar-refractivity contribution in [3.05, 3.63) is 0 Å². The van der Waals surface area contributed by atoms with Crippen LogP contribution in [0, 0.1) is 0 Å². The molecule has 0 aromatic heterocycles. The van der Waals surface area contributed by atoms with E-state index in [4.69, 9.17) is 5.73 Å². The van der Waals surface area contributed by atoms with Gasteiger partial charge in [-0.15, -0.1) is 24.0 Å². The third-order valence-electron chi connectivity index (χ3n) is 0.889. The van der Waals surface area contributed by atoms with Crippen LogP contribution in [-0.2, 0) is 4.79 Å². The normalized spacial score (nSPS) is 10.3. The number of hydrogen-bond donors (Lipinski definition) is 2. The fourth-order valence-corrected chi connectivity index (χ4v) is 0.439. The highest BCUT2D eigenvalue weighted by Crippen LogP contribution is 1.72. The van der Waals surface area contributed by atoms with E-state index in [9.17, 15) is 9.18 Å². The highest BCUT2D eigenvalue weighted by molar-refractivity contribution is 14.0.